The molecule has 0 aliphatic rings. The van der Waals surface area contributed by atoms with E-state index >= 15 is 0 Å². The highest BCUT2D eigenvalue weighted by molar-refractivity contribution is 7.21. The Morgan fingerprint density at radius 3 is 2.60 bits per heavy atom. The van der Waals surface area contributed by atoms with E-state index in [4.69, 9.17) is 4.42 Å². The summed E-state index contributed by atoms with van der Waals surface area (Å²) in [4.78, 5) is 29.9. The molecule has 4 aromatic rings. The molecule has 0 saturated heterocycles. The highest BCUT2D eigenvalue weighted by Gasteiger charge is 2.25. The van der Waals surface area contributed by atoms with E-state index in [1.165, 1.54) is 6.26 Å². The van der Waals surface area contributed by atoms with E-state index < -0.39 is 11.9 Å². The van der Waals surface area contributed by atoms with Gasteiger partial charge in [-0.25, -0.2) is 4.98 Å². The third kappa shape index (κ3) is 4.26. The fourth-order valence-electron chi connectivity index (χ4n) is 3.10. The summed E-state index contributed by atoms with van der Waals surface area (Å²) in [7, 11) is 0. The van der Waals surface area contributed by atoms with E-state index in [1.807, 2.05) is 62.4 Å². The quantitative estimate of drug-likeness (QED) is 0.463. The van der Waals surface area contributed by atoms with Crippen molar-refractivity contribution in [3.8, 4) is 10.6 Å². The van der Waals surface area contributed by atoms with Crippen molar-refractivity contribution in [3.05, 3.63) is 72.7 Å². The molecule has 30 heavy (non-hydrogen) atoms. The number of nitrogens with zero attached hydrogens (tertiary/aromatic N) is 1. The first-order valence-electron chi connectivity index (χ1n) is 9.62. The summed E-state index contributed by atoms with van der Waals surface area (Å²) in [6.07, 6.45) is 1.42. The van der Waals surface area contributed by atoms with Crippen LogP contribution in [0.25, 0.3) is 20.8 Å². The molecule has 152 valence electrons. The van der Waals surface area contributed by atoms with Crippen molar-refractivity contribution in [1.29, 1.82) is 0 Å². The zero-order chi connectivity index (χ0) is 21.1. The Balaban J connectivity index is 1.51. The predicted octanol–water partition coefficient (Wildman–Crippen LogP) is 4.95. The third-order valence-electron chi connectivity index (χ3n) is 4.65. The molecule has 0 aliphatic heterocycles. The van der Waals surface area contributed by atoms with Crippen LogP contribution in [0.1, 0.15) is 24.4 Å². The Labute approximate surface area is 177 Å². The number of amides is 2. The van der Waals surface area contributed by atoms with Crippen molar-refractivity contribution in [2.24, 2.45) is 5.92 Å². The number of nitrogens with one attached hydrogen (secondary N) is 2. The number of hydrogen-bond donors (Lipinski definition) is 2. The summed E-state index contributed by atoms with van der Waals surface area (Å²) in [6, 6.07) is 18.0. The summed E-state index contributed by atoms with van der Waals surface area (Å²) in [5, 5.41) is 6.55. The molecule has 0 unspecified atom stereocenters. The lowest BCUT2D eigenvalue weighted by molar-refractivity contribution is -0.118. The number of carbonyl (C=O) groups excluding carboxylic acids is 2. The molecule has 6 nitrogen and oxygen atoms in total. The summed E-state index contributed by atoms with van der Waals surface area (Å²) in [5.74, 6) is -0.633. The van der Waals surface area contributed by atoms with Crippen molar-refractivity contribution in [1.82, 2.24) is 10.3 Å². The Hall–Kier alpha value is -3.45. The molecule has 0 bridgehead atoms. The topological polar surface area (TPSA) is 84.2 Å². The number of aromatic nitrogens is 1. The van der Waals surface area contributed by atoms with Crippen LogP contribution in [0.5, 0.6) is 0 Å². The van der Waals surface area contributed by atoms with Crippen molar-refractivity contribution in [3.63, 3.8) is 0 Å². The molecule has 4 rings (SSSR count). The van der Waals surface area contributed by atoms with E-state index in [1.54, 1.807) is 23.5 Å². The normalized spacial score (nSPS) is 12.1. The molecule has 0 spiro atoms. The number of benzene rings is 2. The fourth-order valence-corrected chi connectivity index (χ4v) is 4.06. The fraction of sp³-hybridized carbons (Fsp3) is 0.174. The van der Waals surface area contributed by atoms with Gasteiger partial charge in [-0.15, -0.1) is 11.3 Å². The van der Waals surface area contributed by atoms with Crippen molar-refractivity contribution in [2.75, 3.05) is 5.32 Å². The zero-order valence-electron chi connectivity index (χ0n) is 16.6. The summed E-state index contributed by atoms with van der Waals surface area (Å²) in [6.45, 7) is 3.76. The maximum atomic E-state index is 12.9. The number of fused-ring (bicyclic) bond motifs is 1. The van der Waals surface area contributed by atoms with Gasteiger partial charge in [0.2, 0.25) is 5.91 Å². The molecular formula is C23H21N3O3S. The van der Waals surface area contributed by atoms with Gasteiger partial charge in [-0.2, -0.15) is 0 Å². The minimum atomic E-state index is -0.700. The van der Waals surface area contributed by atoms with Crippen LogP contribution in [-0.2, 0) is 4.79 Å². The molecule has 2 aromatic heterocycles. The number of anilines is 1. The number of para-hydroxylation sites is 1. The van der Waals surface area contributed by atoms with Crippen LogP contribution in [0, 0.1) is 5.92 Å². The molecule has 1 atom stereocenters. The first kappa shape index (κ1) is 19.8. The SMILES string of the molecule is CC(C)[C@@H](NC(=O)c1ccco1)C(=O)Nc1cccc(-c2nc3ccccc3s2)c1. The van der Waals surface area contributed by atoms with Gasteiger partial charge in [-0.3, -0.25) is 9.59 Å². The lowest BCUT2D eigenvalue weighted by Crippen LogP contribution is -2.47. The average molecular weight is 420 g/mol. The van der Waals surface area contributed by atoms with Crippen LogP contribution in [0.3, 0.4) is 0 Å². The van der Waals surface area contributed by atoms with Crippen LogP contribution in [0.15, 0.2) is 71.3 Å². The van der Waals surface area contributed by atoms with E-state index in [2.05, 4.69) is 15.6 Å². The Bertz CT molecular complexity index is 1150. The van der Waals surface area contributed by atoms with Gasteiger partial charge in [0.1, 0.15) is 11.0 Å². The third-order valence-corrected chi connectivity index (χ3v) is 5.74. The van der Waals surface area contributed by atoms with Crippen LogP contribution < -0.4 is 10.6 Å². The first-order valence-corrected chi connectivity index (χ1v) is 10.4. The number of furan rings is 1. The maximum Gasteiger partial charge on any atom is 0.287 e. The van der Waals surface area contributed by atoms with Gasteiger partial charge >= 0.3 is 0 Å². The lowest BCUT2D eigenvalue weighted by atomic mass is 10.0. The molecule has 0 radical (unpaired) electrons. The summed E-state index contributed by atoms with van der Waals surface area (Å²) >= 11 is 1.60. The van der Waals surface area contributed by atoms with Crippen LogP contribution in [-0.4, -0.2) is 22.8 Å². The monoisotopic (exact) mass is 419 g/mol. The van der Waals surface area contributed by atoms with Crippen molar-refractivity contribution >= 4 is 39.1 Å². The Morgan fingerprint density at radius 2 is 1.87 bits per heavy atom. The minimum Gasteiger partial charge on any atom is -0.459 e. The van der Waals surface area contributed by atoms with E-state index in [0.29, 0.717) is 5.69 Å². The van der Waals surface area contributed by atoms with Gasteiger partial charge in [0.25, 0.3) is 5.91 Å². The molecule has 2 amide bonds. The standard InChI is InChI=1S/C23H21N3O3S/c1-14(2)20(26-21(27)18-10-6-12-29-18)22(28)24-16-8-5-7-15(13-16)23-25-17-9-3-4-11-19(17)30-23/h3-14,20H,1-2H3,(H,24,28)(H,26,27)/t20-/m1/s1. The smallest absolute Gasteiger partial charge is 0.287 e. The summed E-state index contributed by atoms with van der Waals surface area (Å²) in [5.41, 5.74) is 2.52. The van der Waals surface area contributed by atoms with E-state index in [9.17, 15) is 9.59 Å². The molecule has 0 saturated carbocycles. The Morgan fingerprint density at radius 1 is 1.03 bits per heavy atom. The average Bonchev–Trinajstić information content (AvgIpc) is 3.41. The van der Waals surface area contributed by atoms with Crippen molar-refractivity contribution < 1.29 is 14.0 Å². The second kappa shape index (κ2) is 8.51. The molecule has 7 heteroatoms. The highest BCUT2D eigenvalue weighted by Crippen LogP contribution is 2.31. The second-order valence-electron chi connectivity index (χ2n) is 7.23. The van der Waals surface area contributed by atoms with Gasteiger partial charge in [0.05, 0.1) is 16.5 Å². The second-order valence-corrected chi connectivity index (χ2v) is 8.26. The number of rotatable bonds is 6. The van der Waals surface area contributed by atoms with Gasteiger partial charge in [0, 0.05) is 11.3 Å². The molecule has 0 aliphatic carbocycles. The lowest BCUT2D eigenvalue weighted by Gasteiger charge is -2.21. The number of carbonyl (C=O) groups is 2. The maximum absolute atomic E-state index is 12.9. The highest BCUT2D eigenvalue weighted by atomic mass is 32.1. The zero-order valence-corrected chi connectivity index (χ0v) is 17.4. The van der Waals surface area contributed by atoms with Crippen molar-refractivity contribution in [2.45, 2.75) is 19.9 Å². The van der Waals surface area contributed by atoms with E-state index in [0.717, 1.165) is 20.8 Å². The first-order chi connectivity index (χ1) is 14.5. The number of thiazole rings is 1. The van der Waals surface area contributed by atoms with Gasteiger partial charge in [0.15, 0.2) is 5.76 Å². The Kier molecular flexibility index (Phi) is 5.63. The largest absolute Gasteiger partial charge is 0.459 e. The van der Waals surface area contributed by atoms with Gasteiger partial charge in [-0.05, 0) is 42.3 Å². The summed E-state index contributed by atoms with van der Waals surface area (Å²) < 4.78 is 6.23. The van der Waals surface area contributed by atoms with Crippen LogP contribution in [0.2, 0.25) is 0 Å². The predicted molar refractivity (Wildman–Crippen MR) is 118 cm³/mol. The molecular weight excluding hydrogens is 398 g/mol. The molecule has 2 N–H and O–H groups in total. The minimum absolute atomic E-state index is 0.101. The number of hydrogen-bond acceptors (Lipinski definition) is 5. The van der Waals surface area contributed by atoms with Gasteiger partial charge < -0.3 is 15.1 Å². The van der Waals surface area contributed by atoms with Crippen LogP contribution in [0.4, 0.5) is 5.69 Å². The van der Waals surface area contributed by atoms with Gasteiger partial charge in [-0.1, -0.05) is 38.1 Å². The molecule has 0 fully saturated rings. The molecule has 2 heterocycles. The van der Waals surface area contributed by atoms with E-state index in [-0.39, 0.29) is 17.6 Å². The molecule has 2 aromatic carbocycles. The van der Waals surface area contributed by atoms with Crippen LogP contribution >= 0.6 is 11.3 Å².